The highest BCUT2D eigenvalue weighted by Crippen LogP contribution is 2.20. The molecule has 2 aromatic rings. The third kappa shape index (κ3) is 4.81. The Morgan fingerprint density at radius 2 is 2.00 bits per heavy atom. The molecule has 1 aromatic heterocycles. The molecule has 0 saturated carbocycles. The van der Waals surface area contributed by atoms with Crippen molar-refractivity contribution in [2.45, 2.75) is 9.92 Å². The standard InChI is InChI=1S/C15H13N3O3S2/c1-23(20,21)13-6-4-12(5-7-13)18-14(19)10-22-15-11(9-16)3-2-8-17-15/h2-8H,10H2,1H3,(H,18,19). The van der Waals surface area contributed by atoms with Gasteiger partial charge in [0.15, 0.2) is 9.84 Å². The lowest BCUT2D eigenvalue weighted by Gasteiger charge is -2.06. The second-order valence-corrected chi connectivity index (χ2v) is 7.58. The van der Waals surface area contributed by atoms with Gasteiger partial charge in [0.25, 0.3) is 0 Å². The molecule has 1 amide bonds. The average molecular weight is 347 g/mol. The van der Waals surface area contributed by atoms with E-state index in [1.54, 1.807) is 18.3 Å². The summed E-state index contributed by atoms with van der Waals surface area (Å²) in [5.74, 6) is -0.170. The van der Waals surface area contributed by atoms with E-state index >= 15 is 0 Å². The zero-order valence-electron chi connectivity index (χ0n) is 12.2. The van der Waals surface area contributed by atoms with Crippen LogP contribution in [0.25, 0.3) is 0 Å². The molecule has 0 aliphatic carbocycles. The Hall–Kier alpha value is -2.37. The second-order valence-electron chi connectivity index (χ2n) is 4.60. The number of aromatic nitrogens is 1. The maximum Gasteiger partial charge on any atom is 0.234 e. The summed E-state index contributed by atoms with van der Waals surface area (Å²) in [5.41, 5.74) is 0.923. The Balaban J connectivity index is 1.96. The summed E-state index contributed by atoms with van der Waals surface area (Å²) in [5, 5.41) is 12.1. The number of hydrogen-bond acceptors (Lipinski definition) is 6. The van der Waals surface area contributed by atoms with E-state index < -0.39 is 9.84 Å². The molecule has 0 unspecified atom stereocenters. The lowest BCUT2D eigenvalue weighted by Crippen LogP contribution is -2.14. The molecular formula is C15H13N3O3S2. The van der Waals surface area contributed by atoms with E-state index in [1.165, 1.54) is 24.3 Å². The molecule has 6 nitrogen and oxygen atoms in total. The highest BCUT2D eigenvalue weighted by Gasteiger charge is 2.09. The predicted molar refractivity (Wildman–Crippen MR) is 87.9 cm³/mol. The first-order chi connectivity index (χ1) is 10.9. The molecule has 118 valence electrons. The van der Waals surface area contributed by atoms with Crippen LogP contribution >= 0.6 is 11.8 Å². The highest BCUT2D eigenvalue weighted by molar-refractivity contribution is 8.00. The van der Waals surface area contributed by atoms with Crippen LogP contribution in [-0.4, -0.2) is 31.3 Å². The summed E-state index contributed by atoms with van der Waals surface area (Å²) in [6.45, 7) is 0. The maximum absolute atomic E-state index is 11.9. The molecule has 8 heteroatoms. The summed E-state index contributed by atoms with van der Waals surface area (Å²) in [4.78, 5) is 16.2. The third-order valence-corrected chi connectivity index (χ3v) is 4.93. The zero-order chi connectivity index (χ0) is 16.9. The van der Waals surface area contributed by atoms with Crippen molar-refractivity contribution in [1.82, 2.24) is 4.98 Å². The van der Waals surface area contributed by atoms with Gasteiger partial charge < -0.3 is 5.32 Å². The van der Waals surface area contributed by atoms with Crippen LogP contribution in [0, 0.1) is 11.3 Å². The number of carbonyl (C=O) groups excluding carboxylic acids is 1. The van der Waals surface area contributed by atoms with E-state index in [-0.39, 0.29) is 16.6 Å². The molecule has 0 aliphatic rings. The summed E-state index contributed by atoms with van der Waals surface area (Å²) < 4.78 is 22.7. The minimum Gasteiger partial charge on any atom is -0.325 e. The Morgan fingerprint density at radius 1 is 1.30 bits per heavy atom. The van der Waals surface area contributed by atoms with E-state index in [9.17, 15) is 13.2 Å². The number of thioether (sulfide) groups is 1. The average Bonchev–Trinajstić information content (AvgIpc) is 2.53. The van der Waals surface area contributed by atoms with Crippen LogP contribution in [0.1, 0.15) is 5.56 Å². The normalized spacial score (nSPS) is 10.8. The number of hydrogen-bond donors (Lipinski definition) is 1. The number of carbonyl (C=O) groups is 1. The fourth-order valence-electron chi connectivity index (χ4n) is 1.71. The number of anilines is 1. The summed E-state index contributed by atoms with van der Waals surface area (Å²) >= 11 is 1.16. The van der Waals surface area contributed by atoms with E-state index in [2.05, 4.69) is 10.3 Å². The first-order valence-corrected chi connectivity index (χ1v) is 9.36. The molecule has 0 saturated heterocycles. The van der Waals surface area contributed by atoms with E-state index in [0.717, 1.165) is 18.0 Å². The van der Waals surface area contributed by atoms with Gasteiger partial charge >= 0.3 is 0 Å². The quantitative estimate of drug-likeness (QED) is 0.831. The van der Waals surface area contributed by atoms with Crippen LogP contribution in [0.5, 0.6) is 0 Å². The van der Waals surface area contributed by atoms with Crippen molar-refractivity contribution >= 4 is 33.2 Å². The molecule has 0 radical (unpaired) electrons. The summed E-state index contributed by atoms with van der Waals surface area (Å²) in [6, 6.07) is 11.2. The molecule has 1 N–H and O–H groups in total. The smallest absolute Gasteiger partial charge is 0.234 e. The maximum atomic E-state index is 11.9. The largest absolute Gasteiger partial charge is 0.325 e. The van der Waals surface area contributed by atoms with Crippen LogP contribution < -0.4 is 5.32 Å². The van der Waals surface area contributed by atoms with Gasteiger partial charge in [-0.15, -0.1) is 0 Å². The van der Waals surface area contributed by atoms with Crippen LogP contribution in [0.2, 0.25) is 0 Å². The molecule has 0 atom stereocenters. The molecular weight excluding hydrogens is 334 g/mol. The minimum atomic E-state index is -3.26. The van der Waals surface area contributed by atoms with Crippen molar-refractivity contribution in [3.05, 3.63) is 48.2 Å². The first-order valence-electron chi connectivity index (χ1n) is 6.48. The van der Waals surface area contributed by atoms with Crippen molar-refractivity contribution in [3.8, 4) is 6.07 Å². The molecule has 0 aliphatic heterocycles. The van der Waals surface area contributed by atoms with Crippen LogP contribution in [-0.2, 0) is 14.6 Å². The summed E-state index contributed by atoms with van der Waals surface area (Å²) in [6.07, 6.45) is 2.68. The molecule has 1 heterocycles. The van der Waals surface area contributed by atoms with Gasteiger partial charge in [0.1, 0.15) is 11.1 Å². The topological polar surface area (TPSA) is 99.9 Å². The van der Waals surface area contributed by atoms with Crippen molar-refractivity contribution in [3.63, 3.8) is 0 Å². The Morgan fingerprint density at radius 3 is 2.61 bits per heavy atom. The van der Waals surface area contributed by atoms with Crippen molar-refractivity contribution in [2.24, 2.45) is 0 Å². The highest BCUT2D eigenvalue weighted by atomic mass is 32.2. The fourth-order valence-corrected chi connectivity index (χ4v) is 3.08. The fraction of sp³-hybridized carbons (Fsp3) is 0.133. The van der Waals surface area contributed by atoms with Crippen LogP contribution in [0.3, 0.4) is 0 Å². The summed E-state index contributed by atoms with van der Waals surface area (Å²) in [7, 11) is -3.26. The van der Waals surface area contributed by atoms with Crippen molar-refractivity contribution < 1.29 is 13.2 Å². The van der Waals surface area contributed by atoms with Gasteiger partial charge in [-0.05, 0) is 36.4 Å². The lowest BCUT2D eigenvalue weighted by molar-refractivity contribution is -0.113. The van der Waals surface area contributed by atoms with Crippen molar-refractivity contribution in [2.75, 3.05) is 17.3 Å². The Kier molecular flexibility index (Phi) is 5.36. The monoisotopic (exact) mass is 347 g/mol. The number of nitrogens with one attached hydrogen (secondary N) is 1. The van der Waals surface area contributed by atoms with Gasteiger partial charge in [0, 0.05) is 18.1 Å². The molecule has 0 bridgehead atoms. The van der Waals surface area contributed by atoms with Gasteiger partial charge in [0.2, 0.25) is 5.91 Å². The van der Waals surface area contributed by atoms with E-state index in [0.29, 0.717) is 16.3 Å². The van der Waals surface area contributed by atoms with E-state index in [4.69, 9.17) is 5.26 Å². The SMILES string of the molecule is CS(=O)(=O)c1ccc(NC(=O)CSc2ncccc2C#N)cc1. The molecule has 1 aromatic carbocycles. The Labute approximate surface area is 138 Å². The van der Waals surface area contributed by atoms with Gasteiger partial charge in [-0.2, -0.15) is 5.26 Å². The number of pyridine rings is 1. The predicted octanol–water partition coefficient (Wildman–Crippen LogP) is 2.09. The molecule has 0 spiro atoms. The van der Waals surface area contributed by atoms with Gasteiger partial charge in [-0.1, -0.05) is 11.8 Å². The van der Waals surface area contributed by atoms with Crippen LogP contribution in [0.4, 0.5) is 5.69 Å². The number of amides is 1. The number of nitrogens with zero attached hydrogens (tertiary/aromatic N) is 2. The zero-order valence-corrected chi connectivity index (χ0v) is 13.8. The molecule has 2 rings (SSSR count). The number of nitriles is 1. The van der Waals surface area contributed by atoms with Gasteiger partial charge in [-0.25, -0.2) is 13.4 Å². The van der Waals surface area contributed by atoms with E-state index in [1.807, 2.05) is 6.07 Å². The second kappa shape index (κ2) is 7.26. The number of rotatable bonds is 5. The molecule has 0 fully saturated rings. The Bertz CT molecular complexity index is 856. The van der Waals surface area contributed by atoms with Gasteiger partial charge in [-0.3, -0.25) is 4.79 Å². The number of sulfone groups is 1. The third-order valence-electron chi connectivity index (χ3n) is 2.80. The molecule has 23 heavy (non-hydrogen) atoms. The van der Waals surface area contributed by atoms with Crippen molar-refractivity contribution in [1.29, 1.82) is 5.26 Å². The van der Waals surface area contributed by atoms with Crippen LogP contribution in [0.15, 0.2) is 52.5 Å². The minimum absolute atomic E-state index is 0.0967. The lowest BCUT2D eigenvalue weighted by atomic mass is 10.3. The first kappa shape index (κ1) is 17.0. The number of benzene rings is 1. The van der Waals surface area contributed by atoms with Gasteiger partial charge in [0.05, 0.1) is 16.2 Å².